The Hall–Kier alpha value is -2.66. The molecule has 3 aromatic heterocycles. The number of sulfone groups is 1. The van der Waals surface area contributed by atoms with E-state index in [0.29, 0.717) is 28.6 Å². The molecule has 0 radical (unpaired) electrons. The van der Waals surface area contributed by atoms with Gasteiger partial charge in [-0.25, -0.2) is 28.4 Å². The molecule has 0 aromatic carbocycles. The van der Waals surface area contributed by atoms with Crippen LogP contribution in [0.2, 0.25) is 5.28 Å². The number of halogens is 1. The summed E-state index contributed by atoms with van der Waals surface area (Å²) in [5.74, 6) is 0.839. The fraction of sp³-hybridized carbons (Fsp3) is 0.474. The van der Waals surface area contributed by atoms with Crippen LogP contribution in [0.3, 0.4) is 0 Å². The van der Waals surface area contributed by atoms with Crippen LogP contribution in [0.1, 0.15) is 44.2 Å². The van der Waals surface area contributed by atoms with Crippen LogP contribution in [-0.2, 0) is 16.4 Å². The second-order valence-electron chi connectivity index (χ2n) is 7.56. The molecule has 1 saturated carbocycles. The Labute approximate surface area is 184 Å². The Kier molecular flexibility index (Phi) is 5.65. The molecule has 0 amide bonds. The molecule has 1 aliphatic carbocycles. The van der Waals surface area contributed by atoms with Crippen LogP contribution in [0.4, 0.5) is 5.82 Å². The molecule has 164 valence electrons. The van der Waals surface area contributed by atoms with Crippen molar-refractivity contribution in [3.63, 3.8) is 0 Å². The molecule has 12 heteroatoms. The first-order valence-corrected chi connectivity index (χ1v) is 12.0. The molecule has 0 spiro atoms. The summed E-state index contributed by atoms with van der Waals surface area (Å²) in [6.07, 6.45) is 4.64. The maximum Gasteiger partial charge on any atom is 0.295 e. The predicted molar refractivity (Wildman–Crippen MR) is 116 cm³/mol. The van der Waals surface area contributed by atoms with Crippen molar-refractivity contribution in [1.82, 2.24) is 29.5 Å². The van der Waals surface area contributed by atoms with Crippen molar-refractivity contribution in [3.05, 3.63) is 39.5 Å². The van der Waals surface area contributed by atoms with Gasteiger partial charge in [0.25, 0.3) is 5.56 Å². The lowest BCUT2D eigenvalue weighted by molar-refractivity contribution is 0.482. The maximum atomic E-state index is 13.2. The largest absolute Gasteiger partial charge is 0.358 e. The molecule has 1 aliphatic rings. The van der Waals surface area contributed by atoms with E-state index in [-0.39, 0.29) is 39.9 Å². The van der Waals surface area contributed by atoms with Crippen LogP contribution in [0, 0.1) is 12.8 Å². The lowest BCUT2D eigenvalue weighted by Crippen LogP contribution is -2.29. The number of fused-ring (bicyclic) bond motifs is 1. The van der Waals surface area contributed by atoms with Crippen LogP contribution in [0.15, 0.2) is 22.1 Å². The molecule has 0 aliphatic heterocycles. The maximum absolute atomic E-state index is 13.2. The molecule has 3 heterocycles. The number of rotatable bonds is 7. The quantitative estimate of drug-likeness (QED) is 0.524. The van der Waals surface area contributed by atoms with E-state index in [1.54, 1.807) is 18.4 Å². The zero-order chi connectivity index (χ0) is 22.3. The second kappa shape index (κ2) is 8.12. The van der Waals surface area contributed by atoms with Gasteiger partial charge in [0.05, 0.1) is 18.0 Å². The van der Waals surface area contributed by atoms with Gasteiger partial charge >= 0.3 is 0 Å². The minimum absolute atomic E-state index is 0.0286. The minimum Gasteiger partial charge on any atom is -0.358 e. The van der Waals surface area contributed by atoms with E-state index >= 15 is 0 Å². The first kappa shape index (κ1) is 21.6. The number of hydrogen-bond acceptors (Lipinski definition) is 9. The van der Waals surface area contributed by atoms with Crippen molar-refractivity contribution in [3.8, 4) is 0 Å². The Morgan fingerprint density at radius 1 is 1.23 bits per heavy atom. The number of anilines is 1. The number of aromatic nitrogens is 6. The Morgan fingerprint density at radius 2 is 1.90 bits per heavy atom. The van der Waals surface area contributed by atoms with Crippen molar-refractivity contribution < 1.29 is 8.42 Å². The summed E-state index contributed by atoms with van der Waals surface area (Å²) in [7, 11) is -3.37. The highest BCUT2D eigenvalue weighted by Gasteiger charge is 2.32. The third-order valence-corrected chi connectivity index (χ3v) is 7.29. The monoisotopic (exact) mass is 463 g/mol. The van der Waals surface area contributed by atoms with Crippen LogP contribution >= 0.6 is 11.6 Å². The average molecular weight is 464 g/mol. The summed E-state index contributed by atoms with van der Waals surface area (Å²) in [6.45, 7) is 5.41. The van der Waals surface area contributed by atoms with Crippen molar-refractivity contribution in [2.75, 3.05) is 11.1 Å². The molecular weight excluding hydrogens is 442 g/mol. The van der Waals surface area contributed by atoms with Crippen molar-refractivity contribution in [1.29, 1.82) is 0 Å². The SMILES string of the molecule is CCS(=O)(=O)c1cnc(CNc2nc3c(C)nc(Cl)nc3n([C@@H](C)C3CC3)c2=O)nc1. The topological polar surface area (TPSA) is 133 Å². The summed E-state index contributed by atoms with van der Waals surface area (Å²) in [5.41, 5.74) is 1.16. The van der Waals surface area contributed by atoms with Gasteiger partial charge in [-0.3, -0.25) is 9.36 Å². The van der Waals surface area contributed by atoms with Crippen LogP contribution in [0.25, 0.3) is 11.2 Å². The first-order chi connectivity index (χ1) is 14.7. The summed E-state index contributed by atoms with van der Waals surface area (Å²) in [5, 5.41) is 3.05. The molecular formula is C19H22ClN7O3S. The van der Waals surface area contributed by atoms with Gasteiger partial charge in [-0.1, -0.05) is 6.92 Å². The lowest BCUT2D eigenvalue weighted by Gasteiger charge is -2.18. The number of aryl methyl sites for hydroxylation is 1. The predicted octanol–water partition coefficient (Wildman–Crippen LogP) is 2.32. The third-order valence-electron chi connectivity index (χ3n) is 5.43. The third kappa shape index (κ3) is 4.24. The second-order valence-corrected chi connectivity index (χ2v) is 10.2. The summed E-state index contributed by atoms with van der Waals surface area (Å²) < 4.78 is 25.4. The Bertz CT molecular complexity index is 1300. The van der Waals surface area contributed by atoms with Crippen molar-refractivity contribution >= 4 is 38.4 Å². The lowest BCUT2D eigenvalue weighted by atomic mass is 10.2. The van der Waals surface area contributed by atoms with Gasteiger partial charge in [0.15, 0.2) is 21.3 Å². The summed E-state index contributed by atoms with van der Waals surface area (Å²) in [6, 6.07) is -0.0568. The van der Waals surface area contributed by atoms with E-state index in [4.69, 9.17) is 11.6 Å². The molecule has 1 atom stereocenters. The van der Waals surface area contributed by atoms with Gasteiger partial charge in [0.1, 0.15) is 16.2 Å². The highest BCUT2D eigenvalue weighted by atomic mass is 35.5. The molecule has 31 heavy (non-hydrogen) atoms. The van der Waals surface area contributed by atoms with E-state index in [0.717, 1.165) is 12.8 Å². The first-order valence-electron chi connectivity index (χ1n) is 9.95. The number of hydrogen-bond donors (Lipinski definition) is 1. The van der Waals surface area contributed by atoms with Crippen molar-refractivity contribution in [2.45, 2.75) is 51.1 Å². The molecule has 10 nitrogen and oxygen atoms in total. The zero-order valence-corrected chi connectivity index (χ0v) is 18.9. The van der Waals surface area contributed by atoms with E-state index in [1.807, 2.05) is 6.92 Å². The summed E-state index contributed by atoms with van der Waals surface area (Å²) in [4.78, 5) is 34.4. The summed E-state index contributed by atoms with van der Waals surface area (Å²) >= 11 is 6.04. The Balaban J connectivity index is 1.69. The van der Waals surface area contributed by atoms with Crippen molar-refractivity contribution in [2.24, 2.45) is 5.92 Å². The molecule has 1 fully saturated rings. The van der Waals surface area contributed by atoms with Crippen LogP contribution < -0.4 is 10.9 Å². The highest BCUT2D eigenvalue weighted by molar-refractivity contribution is 7.91. The van der Waals surface area contributed by atoms with Crippen LogP contribution in [0.5, 0.6) is 0 Å². The van der Waals surface area contributed by atoms with Gasteiger partial charge in [-0.15, -0.1) is 0 Å². The van der Waals surface area contributed by atoms with Gasteiger partial charge < -0.3 is 5.32 Å². The number of nitrogens with one attached hydrogen (secondary N) is 1. The Morgan fingerprint density at radius 3 is 2.52 bits per heavy atom. The van der Waals surface area contributed by atoms with Gasteiger partial charge in [0, 0.05) is 18.4 Å². The normalized spacial score (nSPS) is 15.2. The molecule has 0 bridgehead atoms. The molecule has 3 aromatic rings. The van der Waals surface area contributed by atoms with Gasteiger partial charge in [-0.2, -0.15) is 4.98 Å². The van der Waals surface area contributed by atoms with E-state index in [9.17, 15) is 13.2 Å². The van der Waals surface area contributed by atoms with Gasteiger partial charge in [-0.05, 0) is 44.2 Å². The molecule has 1 N–H and O–H groups in total. The van der Waals surface area contributed by atoms with E-state index in [2.05, 4.69) is 30.2 Å². The molecule has 4 rings (SSSR count). The van der Waals surface area contributed by atoms with Crippen LogP contribution in [-0.4, -0.2) is 43.7 Å². The smallest absolute Gasteiger partial charge is 0.295 e. The van der Waals surface area contributed by atoms with E-state index < -0.39 is 9.84 Å². The fourth-order valence-corrected chi connectivity index (χ4v) is 4.36. The van der Waals surface area contributed by atoms with Gasteiger partial charge in [0.2, 0.25) is 5.28 Å². The zero-order valence-electron chi connectivity index (χ0n) is 17.3. The highest BCUT2D eigenvalue weighted by Crippen LogP contribution is 2.39. The standard InChI is InChI=1S/C19H22ClN7O3S/c1-4-31(29,30)13-7-21-14(22-8-13)9-23-16-18(28)27(11(3)12-5-6-12)17-15(25-16)10(2)24-19(20)26-17/h7-8,11-12H,4-6,9H2,1-3H3,(H,23,25)/t11-/m0/s1. The minimum atomic E-state index is -3.37. The molecule has 0 unspecified atom stereocenters. The molecule has 0 saturated heterocycles. The van der Waals surface area contributed by atoms with E-state index in [1.165, 1.54) is 12.4 Å². The fourth-order valence-electron chi connectivity index (χ4n) is 3.39. The average Bonchev–Trinajstić information content (AvgIpc) is 3.58. The number of nitrogens with zero attached hydrogens (tertiary/aromatic N) is 6.